The molecule has 31 heavy (non-hydrogen) atoms. The van der Waals surface area contributed by atoms with E-state index in [9.17, 15) is 4.79 Å². The second-order valence-corrected chi connectivity index (χ2v) is 7.55. The molecule has 6 nitrogen and oxygen atoms in total. The third kappa shape index (κ3) is 5.47. The van der Waals surface area contributed by atoms with Crippen LogP contribution in [-0.4, -0.2) is 46.9 Å². The number of carbonyl (C=O) groups is 1. The van der Waals surface area contributed by atoms with Crippen molar-refractivity contribution >= 4 is 5.91 Å². The predicted octanol–water partition coefficient (Wildman–Crippen LogP) is 3.49. The second kappa shape index (κ2) is 9.88. The molecule has 0 atom stereocenters. The molecule has 0 saturated carbocycles. The SMILES string of the molecule is N#Cc1ccc(CN2CCN(C(=O)c3ccc(OCc4cccnc4)cc3)CC2)cc1. The Bertz CT molecular complexity index is 1040. The minimum absolute atomic E-state index is 0.0526. The lowest BCUT2D eigenvalue weighted by Gasteiger charge is -2.34. The van der Waals surface area contributed by atoms with E-state index in [2.05, 4.69) is 16.0 Å². The molecular weight excluding hydrogens is 388 g/mol. The van der Waals surface area contributed by atoms with Crippen molar-refractivity contribution in [1.29, 1.82) is 5.26 Å². The van der Waals surface area contributed by atoms with Crippen LogP contribution in [0.4, 0.5) is 0 Å². The Morgan fingerprint density at radius 1 is 0.968 bits per heavy atom. The van der Waals surface area contributed by atoms with E-state index in [1.807, 2.05) is 65.6 Å². The zero-order valence-corrected chi connectivity index (χ0v) is 17.3. The highest BCUT2D eigenvalue weighted by Gasteiger charge is 2.22. The number of amides is 1. The molecule has 0 unspecified atom stereocenters. The molecule has 1 aliphatic heterocycles. The van der Waals surface area contributed by atoms with E-state index < -0.39 is 0 Å². The van der Waals surface area contributed by atoms with Crippen LogP contribution < -0.4 is 4.74 Å². The fourth-order valence-corrected chi connectivity index (χ4v) is 3.58. The van der Waals surface area contributed by atoms with Crippen molar-refractivity contribution in [1.82, 2.24) is 14.8 Å². The van der Waals surface area contributed by atoms with Gasteiger partial charge < -0.3 is 9.64 Å². The Balaban J connectivity index is 1.26. The molecule has 6 heteroatoms. The summed E-state index contributed by atoms with van der Waals surface area (Å²) < 4.78 is 5.77. The molecule has 3 aromatic rings. The second-order valence-electron chi connectivity index (χ2n) is 7.55. The number of nitriles is 1. The standard InChI is InChI=1S/C25H24N4O2/c26-16-20-3-5-21(6-4-20)18-28-12-14-29(15-13-28)25(30)23-7-9-24(10-8-23)31-19-22-2-1-11-27-17-22/h1-11,17H,12-15,18-19H2. The number of piperazine rings is 1. The molecule has 156 valence electrons. The molecule has 0 N–H and O–H groups in total. The van der Waals surface area contributed by atoms with E-state index in [1.54, 1.807) is 12.4 Å². The van der Waals surface area contributed by atoms with Crippen LogP contribution in [0.25, 0.3) is 0 Å². The van der Waals surface area contributed by atoms with Crippen molar-refractivity contribution < 1.29 is 9.53 Å². The Kier molecular flexibility index (Phi) is 6.56. The lowest BCUT2D eigenvalue weighted by atomic mass is 10.1. The van der Waals surface area contributed by atoms with Gasteiger partial charge in [-0.2, -0.15) is 5.26 Å². The minimum atomic E-state index is 0.0526. The first kappa shape index (κ1) is 20.6. The van der Waals surface area contributed by atoms with Gasteiger partial charge in [0.05, 0.1) is 11.6 Å². The number of nitrogens with zero attached hydrogens (tertiary/aromatic N) is 4. The number of hydrogen-bond acceptors (Lipinski definition) is 5. The summed E-state index contributed by atoms with van der Waals surface area (Å²) in [5.41, 5.74) is 3.53. The van der Waals surface area contributed by atoms with Crippen molar-refractivity contribution in [2.75, 3.05) is 26.2 Å². The van der Waals surface area contributed by atoms with Gasteiger partial charge in [-0.3, -0.25) is 14.7 Å². The van der Waals surface area contributed by atoms with Gasteiger partial charge in [0.15, 0.2) is 0 Å². The van der Waals surface area contributed by atoms with Crippen LogP contribution in [0.1, 0.15) is 27.0 Å². The molecule has 1 aliphatic rings. The Morgan fingerprint density at radius 3 is 2.35 bits per heavy atom. The first-order valence-corrected chi connectivity index (χ1v) is 10.3. The molecule has 0 aliphatic carbocycles. The van der Waals surface area contributed by atoms with Crippen molar-refractivity contribution in [3.63, 3.8) is 0 Å². The molecule has 1 amide bonds. The van der Waals surface area contributed by atoms with Gasteiger partial charge in [-0.25, -0.2) is 0 Å². The highest BCUT2D eigenvalue weighted by Crippen LogP contribution is 2.17. The first-order valence-electron chi connectivity index (χ1n) is 10.3. The number of carbonyl (C=O) groups excluding carboxylic acids is 1. The highest BCUT2D eigenvalue weighted by molar-refractivity contribution is 5.94. The number of aromatic nitrogens is 1. The molecule has 1 saturated heterocycles. The van der Waals surface area contributed by atoms with Crippen LogP contribution in [0.15, 0.2) is 73.1 Å². The fraction of sp³-hybridized carbons (Fsp3) is 0.240. The molecule has 0 radical (unpaired) electrons. The maximum Gasteiger partial charge on any atom is 0.253 e. The number of benzene rings is 2. The fourth-order valence-electron chi connectivity index (χ4n) is 3.58. The molecule has 4 rings (SSSR count). The quantitative estimate of drug-likeness (QED) is 0.620. The summed E-state index contributed by atoms with van der Waals surface area (Å²) in [7, 11) is 0. The summed E-state index contributed by atoms with van der Waals surface area (Å²) >= 11 is 0. The number of pyridine rings is 1. The van der Waals surface area contributed by atoms with Crippen LogP contribution in [0.3, 0.4) is 0 Å². The Morgan fingerprint density at radius 2 is 1.71 bits per heavy atom. The summed E-state index contributed by atoms with van der Waals surface area (Å²) in [6.07, 6.45) is 3.51. The van der Waals surface area contributed by atoms with Crippen LogP contribution in [-0.2, 0) is 13.2 Å². The van der Waals surface area contributed by atoms with Gasteiger partial charge in [0.1, 0.15) is 12.4 Å². The van der Waals surface area contributed by atoms with E-state index in [0.717, 1.165) is 30.9 Å². The van der Waals surface area contributed by atoms with Crippen LogP contribution in [0.2, 0.25) is 0 Å². The summed E-state index contributed by atoms with van der Waals surface area (Å²) in [4.78, 5) is 21.2. The molecule has 1 fully saturated rings. The smallest absolute Gasteiger partial charge is 0.253 e. The summed E-state index contributed by atoms with van der Waals surface area (Å²) in [6, 6.07) is 21.0. The third-order valence-electron chi connectivity index (χ3n) is 5.38. The van der Waals surface area contributed by atoms with E-state index in [1.165, 1.54) is 5.56 Å². The number of rotatable bonds is 6. The maximum absolute atomic E-state index is 12.9. The molecule has 0 bridgehead atoms. The normalized spacial score (nSPS) is 14.1. The van der Waals surface area contributed by atoms with E-state index in [0.29, 0.717) is 30.8 Å². The van der Waals surface area contributed by atoms with Crippen molar-refractivity contribution in [3.05, 3.63) is 95.3 Å². The first-order chi connectivity index (χ1) is 15.2. The molecule has 2 aromatic carbocycles. The Hall–Kier alpha value is -3.69. The molecule has 1 aromatic heterocycles. The predicted molar refractivity (Wildman–Crippen MR) is 117 cm³/mol. The van der Waals surface area contributed by atoms with Crippen molar-refractivity contribution in [3.8, 4) is 11.8 Å². The lowest BCUT2D eigenvalue weighted by Crippen LogP contribution is -2.48. The molecule has 0 spiro atoms. The molecule has 2 heterocycles. The maximum atomic E-state index is 12.9. The number of hydrogen-bond donors (Lipinski definition) is 0. The number of ether oxygens (including phenoxy) is 1. The van der Waals surface area contributed by atoms with Gasteiger partial charge >= 0.3 is 0 Å². The zero-order chi connectivity index (χ0) is 21.5. The molecular formula is C25H24N4O2. The van der Waals surface area contributed by atoms with Crippen molar-refractivity contribution in [2.45, 2.75) is 13.2 Å². The van der Waals surface area contributed by atoms with E-state index in [4.69, 9.17) is 10.00 Å². The zero-order valence-electron chi connectivity index (χ0n) is 17.3. The summed E-state index contributed by atoms with van der Waals surface area (Å²) in [6.45, 7) is 4.35. The monoisotopic (exact) mass is 412 g/mol. The van der Waals surface area contributed by atoms with Crippen LogP contribution >= 0.6 is 0 Å². The average molecular weight is 412 g/mol. The van der Waals surface area contributed by atoms with E-state index in [-0.39, 0.29) is 5.91 Å². The van der Waals surface area contributed by atoms with Gasteiger partial charge in [-0.05, 0) is 48.0 Å². The van der Waals surface area contributed by atoms with Gasteiger partial charge in [-0.1, -0.05) is 18.2 Å². The highest BCUT2D eigenvalue weighted by atomic mass is 16.5. The average Bonchev–Trinajstić information content (AvgIpc) is 2.84. The van der Waals surface area contributed by atoms with Crippen LogP contribution in [0, 0.1) is 11.3 Å². The minimum Gasteiger partial charge on any atom is -0.489 e. The van der Waals surface area contributed by atoms with Gasteiger partial charge in [-0.15, -0.1) is 0 Å². The lowest BCUT2D eigenvalue weighted by molar-refractivity contribution is 0.0628. The topological polar surface area (TPSA) is 69.5 Å². The van der Waals surface area contributed by atoms with Gasteiger partial charge in [0.2, 0.25) is 0 Å². The summed E-state index contributed by atoms with van der Waals surface area (Å²) in [5, 5.41) is 8.91. The van der Waals surface area contributed by atoms with Crippen LogP contribution in [0.5, 0.6) is 5.75 Å². The van der Waals surface area contributed by atoms with E-state index >= 15 is 0 Å². The summed E-state index contributed by atoms with van der Waals surface area (Å²) in [5.74, 6) is 0.782. The van der Waals surface area contributed by atoms with Gasteiger partial charge in [0.25, 0.3) is 5.91 Å². The largest absolute Gasteiger partial charge is 0.489 e. The van der Waals surface area contributed by atoms with Crippen molar-refractivity contribution in [2.24, 2.45) is 0 Å². The third-order valence-corrected chi connectivity index (χ3v) is 5.38. The Labute approximate surface area is 182 Å². The van der Waals surface area contributed by atoms with Gasteiger partial charge in [0, 0.05) is 56.2 Å².